The number of ether oxygens (including phenoxy) is 1. The Morgan fingerprint density at radius 1 is 1.11 bits per heavy atom. The first kappa shape index (κ1) is 21.0. The number of hydrogen-bond acceptors (Lipinski definition) is 6. The Bertz CT molecular complexity index is 894. The van der Waals surface area contributed by atoms with Gasteiger partial charge >= 0.3 is 6.18 Å². The van der Waals surface area contributed by atoms with E-state index in [4.69, 9.17) is 4.74 Å². The molecule has 0 saturated carbocycles. The average Bonchev–Trinajstić information content (AvgIpc) is 3.22. The summed E-state index contributed by atoms with van der Waals surface area (Å²) in [5, 5.41) is 1.61. The number of anilines is 1. The van der Waals surface area contributed by atoms with E-state index >= 15 is 0 Å². The highest BCUT2D eigenvalue weighted by Gasteiger charge is 2.53. The zero-order valence-corrected chi connectivity index (χ0v) is 16.9. The number of sulfonamides is 1. The van der Waals surface area contributed by atoms with Crippen molar-refractivity contribution in [3.63, 3.8) is 0 Å². The van der Waals surface area contributed by atoms with Crippen LogP contribution in [0.4, 0.5) is 18.9 Å². The monoisotopic (exact) mass is 435 g/mol. The molecule has 0 N–H and O–H groups in total. The molecule has 1 unspecified atom stereocenters. The van der Waals surface area contributed by atoms with E-state index in [0.29, 0.717) is 13.1 Å². The molecule has 3 rings (SSSR count). The Kier molecular flexibility index (Phi) is 5.72. The third kappa shape index (κ3) is 3.76. The van der Waals surface area contributed by atoms with Crippen molar-refractivity contribution < 1.29 is 26.3 Å². The lowest BCUT2D eigenvalue weighted by Crippen LogP contribution is -2.48. The highest BCUT2D eigenvalue weighted by atomic mass is 32.2. The van der Waals surface area contributed by atoms with Crippen molar-refractivity contribution >= 4 is 27.0 Å². The van der Waals surface area contributed by atoms with Crippen LogP contribution in [0.3, 0.4) is 0 Å². The van der Waals surface area contributed by atoms with Gasteiger partial charge in [-0.05, 0) is 24.6 Å². The molecule has 1 aliphatic rings. The topological polar surface area (TPSA) is 62.7 Å². The van der Waals surface area contributed by atoms with Crippen LogP contribution < -0.4 is 4.90 Å². The Morgan fingerprint density at radius 2 is 1.71 bits per heavy atom. The molecule has 2 heterocycles. The molecular formula is C17H20F3N3O3S2. The van der Waals surface area contributed by atoms with Gasteiger partial charge in [-0.25, -0.2) is 13.4 Å². The molecule has 1 aromatic carbocycles. The predicted octanol–water partition coefficient (Wildman–Crippen LogP) is 3.08. The summed E-state index contributed by atoms with van der Waals surface area (Å²) in [7, 11) is -2.57. The second-order valence-corrected chi connectivity index (χ2v) is 9.48. The van der Waals surface area contributed by atoms with E-state index in [-0.39, 0.29) is 23.0 Å². The molecule has 0 amide bonds. The Morgan fingerprint density at radius 3 is 2.18 bits per heavy atom. The van der Waals surface area contributed by atoms with Crippen molar-refractivity contribution in [2.24, 2.45) is 0 Å². The van der Waals surface area contributed by atoms with Crippen LogP contribution in [0.1, 0.15) is 12.5 Å². The number of aromatic nitrogens is 1. The highest BCUT2D eigenvalue weighted by molar-refractivity contribution is 7.91. The van der Waals surface area contributed by atoms with Crippen LogP contribution in [0.2, 0.25) is 0 Å². The summed E-state index contributed by atoms with van der Waals surface area (Å²) in [5.41, 5.74) is -1.64. The summed E-state index contributed by atoms with van der Waals surface area (Å²) in [4.78, 5) is 5.81. The third-order valence-electron chi connectivity index (χ3n) is 4.94. The molecule has 0 spiro atoms. The van der Waals surface area contributed by atoms with Gasteiger partial charge in [0, 0.05) is 50.6 Å². The van der Waals surface area contributed by atoms with Crippen molar-refractivity contribution in [3.8, 4) is 0 Å². The van der Waals surface area contributed by atoms with Crippen LogP contribution in [-0.4, -0.2) is 57.2 Å². The fourth-order valence-electron chi connectivity index (χ4n) is 3.02. The van der Waals surface area contributed by atoms with Crippen molar-refractivity contribution in [2.45, 2.75) is 23.0 Å². The second-order valence-electron chi connectivity index (χ2n) is 6.47. The van der Waals surface area contributed by atoms with Crippen molar-refractivity contribution in [3.05, 3.63) is 41.4 Å². The van der Waals surface area contributed by atoms with Gasteiger partial charge < -0.3 is 9.64 Å². The van der Waals surface area contributed by atoms with E-state index in [1.165, 1.54) is 22.6 Å². The van der Waals surface area contributed by atoms with Gasteiger partial charge in [-0.3, -0.25) is 0 Å². The molecular weight excluding hydrogens is 415 g/mol. The Hall–Kier alpha value is -1.69. The number of thiazole rings is 1. The molecule has 1 fully saturated rings. The first-order valence-electron chi connectivity index (χ1n) is 8.46. The number of alkyl halides is 3. The van der Waals surface area contributed by atoms with E-state index in [2.05, 4.69) is 4.98 Å². The first-order valence-corrected chi connectivity index (χ1v) is 10.8. The molecule has 2 aromatic rings. The molecule has 1 aromatic heterocycles. The highest BCUT2D eigenvalue weighted by Crippen LogP contribution is 2.41. The standard InChI is InChI=1S/C17H20F3N3O3S2/c1-16(26-2,17(18,19)20)13-3-5-14(6-4-13)22-8-10-23(11-9-22)28(24,25)15-21-7-12-27-15/h3-7,12H,8-11H2,1-2H3. The van der Waals surface area contributed by atoms with E-state index in [0.717, 1.165) is 31.1 Å². The lowest BCUT2D eigenvalue weighted by molar-refractivity contribution is -0.269. The smallest absolute Gasteiger partial charge is 0.369 e. The number of benzene rings is 1. The van der Waals surface area contributed by atoms with Crippen molar-refractivity contribution in [1.29, 1.82) is 0 Å². The van der Waals surface area contributed by atoms with Crippen LogP contribution in [0.5, 0.6) is 0 Å². The van der Waals surface area contributed by atoms with Gasteiger partial charge in [-0.2, -0.15) is 17.5 Å². The molecule has 1 aliphatic heterocycles. The van der Waals surface area contributed by atoms with Crippen molar-refractivity contribution in [1.82, 2.24) is 9.29 Å². The molecule has 1 atom stereocenters. The van der Waals surface area contributed by atoms with Gasteiger partial charge in [0.1, 0.15) is 0 Å². The molecule has 0 aliphatic carbocycles. The number of halogens is 3. The summed E-state index contributed by atoms with van der Waals surface area (Å²) in [6.07, 6.45) is -3.09. The number of rotatable bonds is 5. The van der Waals surface area contributed by atoms with Crippen LogP contribution >= 0.6 is 11.3 Å². The minimum atomic E-state index is -4.54. The minimum absolute atomic E-state index is 0.0104. The van der Waals surface area contributed by atoms with E-state index < -0.39 is 21.8 Å². The summed E-state index contributed by atoms with van der Waals surface area (Å²) < 4.78 is 71.1. The van der Waals surface area contributed by atoms with Gasteiger partial charge in [0.05, 0.1) is 0 Å². The second kappa shape index (κ2) is 7.62. The Balaban J connectivity index is 1.70. The molecule has 0 bridgehead atoms. The average molecular weight is 435 g/mol. The number of nitrogens with zero attached hydrogens (tertiary/aromatic N) is 3. The predicted molar refractivity (Wildman–Crippen MR) is 99.9 cm³/mol. The zero-order chi connectivity index (χ0) is 20.6. The first-order chi connectivity index (χ1) is 13.1. The van der Waals surface area contributed by atoms with E-state index in [1.54, 1.807) is 17.5 Å². The van der Waals surface area contributed by atoms with Crippen LogP contribution in [0, 0.1) is 0 Å². The van der Waals surface area contributed by atoms with E-state index in [1.807, 2.05) is 4.90 Å². The number of methoxy groups -OCH3 is 1. The lowest BCUT2D eigenvalue weighted by atomic mass is 9.94. The molecule has 0 radical (unpaired) electrons. The zero-order valence-electron chi connectivity index (χ0n) is 15.3. The summed E-state index contributed by atoms with van der Waals surface area (Å²) in [6, 6.07) is 5.99. The van der Waals surface area contributed by atoms with Crippen LogP contribution in [0.15, 0.2) is 40.2 Å². The molecule has 154 valence electrons. The summed E-state index contributed by atoms with van der Waals surface area (Å²) in [5.74, 6) is 0. The molecule has 1 saturated heterocycles. The largest absolute Gasteiger partial charge is 0.421 e. The maximum absolute atomic E-state index is 13.3. The van der Waals surface area contributed by atoms with E-state index in [9.17, 15) is 21.6 Å². The van der Waals surface area contributed by atoms with Gasteiger partial charge in [0.2, 0.25) is 4.34 Å². The molecule has 28 heavy (non-hydrogen) atoms. The molecule has 11 heteroatoms. The lowest BCUT2D eigenvalue weighted by Gasteiger charge is -2.35. The van der Waals surface area contributed by atoms with Gasteiger partial charge in [0.25, 0.3) is 10.0 Å². The fourth-order valence-corrected chi connectivity index (χ4v) is 5.41. The van der Waals surface area contributed by atoms with Gasteiger partial charge in [-0.1, -0.05) is 12.1 Å². The maximum atomic E-state index is 13.3. The SMILES string of the molecule is COC(C)(c1ccc(N2CCN(S(=O)(=O)c3nccs3)CC2)cc1)C(F)(F)F. The normalized spacial score (nSPS) is 18.8. The maximum Gasteiger partial charge on any atom is 0.421 e. The number of hydrogen-bond donors (Lipinski definition) is 0. The number of piperazine rings is 1. The van der Waals surface area contributed by atoms with Crippen LogP contribution in [0.25, 0.3) is 0 Å². The van der Waals surface area contributed by atoms with Crippen molar-refractivity contribution in [2.75, 3.05) is 38.2 Å². The van der Waals surface area contributed by atoms with Gasteiger partial charge in [-0.15, -0.1) is 11.3 Å². The Labute approximate surface area is 165 Å². The van der Waals surface area contributed by atoms with Crippen LogP contribution in [-0.2, 0) is 20.4 Å². The summed E-state index contributed by atoms with van der Waals surface area (Å²) in [6.45, 7) is 2.42. The fraction of sp³-hybridized carbons (Fsp3) is 0.471. The molecule has 6 nitrogen and oxygen atoms in total. The quantitative estimate of drug-likeness (QED) is 0.722. The minimum Gasteiger partial charge on any atom is -0.369 e. The summed E-state index contributed by atoms with van der Waals surface area (Å²) >= 11 is 1.07. The van der Waals surface area contributed by atoms with Gasteiger partial charge in [0.15, 0.2) is 5.60 Å². The third-order valence-corrected chi connectivity index (χ3v) is 8.02.